The van der Waals surface area contributed by atoms with E-state index in [0.717, 1.165) is 5.56 Å². The first kappa shape index (κ1) is 17.3. The lowest BCUT2D eigenvalue weighted by Gasteiger charge is -2.12. The first-order chi connectivity index (χ1) is 10.9. The number of para-hydroxylation sites is 2. The zero-order valence-corrected chi connectivity index (χ0v) is 14.3. The van der Waals surface area contributed by atoms with Gasteiger partial charge in [0, 0.05) is 6.54 Å². The van der Waals surface area contributed by atoms with E-state index in [1.165, 1.54) is 0 Å². The van der Waals surface area contributed by atoms with E-state index in [9.17, 15) is 8.42 Å². The standard InChI is InChI=1S/C17H21NO4S/c1-13-8-9-14(2)17(12-13)23(19,20)18-10-11-22-16-7-5-4-6-15(16)21-3/h4-9,12,18H,10-11H2,1-3H3. The summed E-state index contributed by atoms with van der Waals surface area (Å²) in [7, 11) is -1.98. The minimum Gasteiger partial charge on any atom is -0.493 e. The topological polar surface area (TPSA) is 64.6 Å². The van der Waals surface area contributed by atoms with E-state index < -0.39 is 10.0 Å². The molecule has 0 heterocycles. The Morgan fingerprint density at radius 2 is 1.74 bits per heavy atom. The highest BCUT2D eigenvalue weighted by atomic mass is 32.2. The van der Waals surface area contributed by atoms with Crippen LogP contribution in [0, 0.1) is 13.8 Å². The van der Waals surface area contributed by atoms with Crippen molar-refractivity contribution in [2.24, 2.45) is 0 Å². The third kappa shape index (κ3) is 4.46. The fourth-order valence-electron chi connectivity index (χ4n) is 2.15. The Kier molecular flexibility index (Phi) is 5.63. The molecule has 0 aromatic heterocycles. The van der Waals surface area contributed by atoms with Crippen molar-refractivity contribution >= 4 is 10.0 Å². The lowest BCUT2D eigenvalue weighted by molar-refractivity contribution is 0.298. The first-order valence-corrected chi connectivity index (χ1v) is 8.75. The van der Waals surface area contributed by atoms with Crippen LogP contribution in [0.15, 0.2) is 47.4 Å². The number of nitrogens with one attached hydrogen (secondary N) is 1. The van der Waals surface area contributed by atoms with Crippen LogP contribution in [0.3, 0.4) is 0 Å². The average molecular weight is 335 g/mol. The summed E-state index contributed by atoms with van der Waals surface area (Å²) < 4.78 is 38.0. The Hall–Kier alpha value is -2.05. The second-order valence-corrected chi connectivity index (χ2v) is 6.90. The minimum atomic E-state index is -3.54. The number of sulfonamides is 1. The second kappa shape index (κ2) is 7.48. The van der Waals surface area contributed by atoms with Crippen LogP contribution in [0.1, 0.15) is 11.1 Å². The van der Waals surface area contributed by atoms with Gasteiger partial charge in [0.25, 0.3) is 0 Å². The van der Waals surface area contributed by atoms with Crippen LogP contribution < -0.4 is 14.2 Å². The molecule has 0 aliphatic heterocycles. The molecule has 0 atom stereocenters. The maximum atomic E-state index is 12.3. The predicted octanol–water partition coefficient (Wildman–Crippen LogP) is 2.67. The van der Waals surface area contributed by atoms with Gasteiger partial charge in [0.05, 0.1) is 12.0 Å². The molecule has 2 aromatic rings. The third-order valence-corrected chi connectivity index (χ3v) is 4.96. The summed E-state index contributed by atoms with van der Waals surface area (Å²) in [5.74, 6) is 1.20. The van der Waals surface area contributed by atoms with Gasteiger partial charge in [-0.3, -0.25) is 0 Å². The van der Waals surface area contributed by atoms with E-state index in [-0.39, 0.29) is 13.2 Å². The van der Waals surface area contributed by atoms with Gasteiger partial charge in [-0.2, -0.15) is 0 Å². The number of hydrogen-bond donors (Lipinski definition) is 1. The number of methoxy groups -OCH3 is 1. The summed E-state index contributed by atoms with van der Waals surface area (Å²) in [5, 5.41) is 0. The smallest absolute Gasteiger partial charge is 0.240 e. The zero-order chi connectivity index (χ0) is 16.9. The molecule has 0 unspecified atom stereocenters. The zero-order valence-electron chi connectivity index (χ0n) is 13.5. The van der Waals surface area contributed by atoms with Gasteiger partial charge in [-0.1, -0.05) is 24.3 Å². The molecule has 0 aliphatic carbocycles. The molecule has 1 N–H and O–H groups in total. The van der Waals surface area contributed by atoms with E-state index in [4.69, 9.17) is 9.47 Å². The van der Waals surface area contributed by atoms with Gasteiger partial charge in [0.1, 0.15) is 6.61 Å². The molecule has 23 heavy (non-hydrogen) atoms. The minimum absolute atomic E-state index is 0.174. The van der Waals surface area contributed by atoms with Gasteiger partial charge in [-0.25, -0.2) is 13.1 Å². The molecule has 2 rings (SSSR count). The largest absolute Gasteiger partial charge is 0.493 e. The number of rotatable bonds is 7. The van der Waals surface area contributed by atoms with Crippen molar-refractivity contribution in [1.82, 2.24) is 4.72 Å². The van der Waals surface area contributed by atoms with Crippen LogP contribution >= 0.6 is 0 Å². The molecule has 0 amide bonds. The fourth-order valence-corrected chi connectivity index (χ4v) is 3.49. The molecule has 0 fully saturated rings. The van der Waals surface area contributed by atoms with Crippen LogP contribution in [0.4, 0.5) is 0 Å². The molecule has 0 saturated heterocycles. The van der Waals surface area contributed by atoms with Crippen molar-refractivity contribution in [2.75, 3.05) is 20.3 Å². The van der Waals surface area contributed by atoms with E-state index in [2.05, 4.69) is 4.72 Å². The van der Waals surface area contributed by atoms with Crippen LogP contribution in [-0.4, -0.2) is 28.7 Å². The Labute approximate surface area is 137 Å². The van der Waals surface area contributed by atoms with Crippen LogP contribution in [0.25, 0.3) is 0 Å². The Bertz CT molecular complexity index is 772. The van der Waals surface area contributed by atoms with Crippen LogP contribution in [0.2, 0.25) is 0 Å². The number of aryl methyl sites for hydroxylation is 2. The Morgan fingerprint density at radius 3 is 2.43 bits per heavy atom. The van der Waals surface area contributed by atoms with Crippen LogP contribution in [-0.2, 0) is 10.0 Å². The molecule has 0 bridgehead atoms. The van der Waals surface area contributed by atoms with Crippen molar-refractivity contribution in [3.05, 3.63) is 53.6 Å². The van der Waals surface area contributed by atoms with Gasteiger partial charge in [0.15, 0.2) is 11.5 Å². The molecular weight excluding hydrogens is 314 g/mol. The van der Waals surface area contributed by atoms with E-state index in [1.54, 1.807) is 38.3 Å². The first-order valence-electron chi connectivity index (χ1n) is 7.27. The summed E-state index contributed by atoms with van der Waals surface area (Å²) in [6.45, 7) is 4.03. The highest BCUT2D eigenvalue weighted by Gasteiger charge is 2.16. The van der Waals surface area contributed by atoms with Crippen molar-refractivity contribution < 1.29 is 17.9 Å². The highest BCUT2D eigenvalue weighted by Crippen LogP contribution is 2.25. The molecule has 0 saturated carbocycles. The van der Waals surface area contributed by atoms with E-state index in [1.807, 2.05) is 25.1 Å². The predicted molar refractivity (Wildman–Crippen MR) is 89.6 cm³/mol. The average Bonchev–Trinajstić information content (AvgIpc) is 2.54. The van der Waals surface area contributed by atoms with Crippen molar-refractivity contribution in [2.45, 2.75) is 18.7 Å². The molecule has 5 nitrogen and oxygen atoms in total. The summed E-state index contributed by atoms with van der Waals surface area (Å²) in [5.41, 5.74) is 1.62. The molecule has 124 valence electrons. The Balaban J connectivity index is 1.96. The molecule has 0 spiro atoms. The van der Waals surface area contributed by atoms with Gasteiger partial charge in [0.2, 0.25) is 10.0 Å². The van der Waals surface area contributed by atoms with Gasteiger partial charge >= 0.3 is 0 Å². The monoisotopic (exact) mass is 335 g/mol. The van der Waals surface area contributed by atoms with Crippen molar-refractivity contribution in [3.8, 4) is 11.5 Å². The SMILES string of the molecule is COc1ccccc1OCCNS(=O)(=O)c1cc(C)ccc1C. The molecule has 0 aliphatic rings. The summed E-state index contributed by atoms with van der Waals surface area (Å²) >= 11 is 0. The number of hydrogen-bond acceptors (Lipinski definition) is 4. The van der Waals surface area contributed by atoms with E-state index >= 15 is 0 Å². The van der Waals surface area contributed by atoms with Crippen molar-refractivity contribution in [3.63, 3.8) is 0 Å². The molecule has 6 heteroatoms. The summed E-state index contributed by atoms with van der Waals surface area (Å²) in [6.07, 6.45) is 0. The third-order valence-electron chi connectivity index (χ3n) is 3.35. The Morgan fingerprint density at radius 1 is 1.04 bits per heavy atom. The number of ether oxygens (including phenoxy) is 2. The maximum Gasteiger partial charge on any atom is 0.240 e. The van der Waals surface area contributed by atoms with Gasteiger partial charge in [-0.05, 0) is 43.2 Å². The lowest BCUT2D eigenvalue weighted by Crippen LogP contribution is -2.28. The van der Waals surface area contributed by atoms with Gasteiger partial charge in [-0.15, -0.1) is 0 Å². The normalized spacial score (nSPS) is 11.3. The quantitative estimate of drug-likeness (QED) is 0.790. The molecule has 0 radical (unpaired) electrons. The lowest BCUT2D eigenvalue weighted by atomic mass is 10.2. The summed E-state index contributed by atoms with van der Waals surface area (Å²) in [6, 6.07) is 12.6. The number of benzene rings is 2. The molecular formula is C17H21NO4S. The highest BCUT2D eigenvalue weighted by molar-refractivity contribution is 7.89. The van der Waals surface area contributed by atoms with E-state index in [0.29, 0.717) is 22.0 Å². The second-order valence-electron chi connectivity index (χ2n) is 5.17. The fraction of sp³-hybridized carbons (Fsp3) is 0.294. The molecule has 2 aromatic carbocycles. The van der Waals surface area contributed by atoms with Crippen molar-refractivity contribution in [1.29, 1.82) is 0 Å². The maximum absolute atomic E-state index is 12.3. The van der Waals surface area contributed by atoms with Crippen LogP contribution in [0.5, 0.6) is 11.5 Å². The van der Waals surface area contributed by atoms with Gasteiger partial charge < -0.3 is 9.47 Å². The summed E-state index contributed by atoms with van der Waals surface area (Å²) in [4.78, 5) is 0.301.